The number of methoxy groups -OCH3 is 1. The fraction of sp³-hybridized carbons (Fsp3) is 0.238. The van der Waals surface area contributed by atoms with Crippen molar-refractivity contribution in [2.45, 2.75) is 25.7 Å². The van der Waals surface area contributed by atoms with Gasteiger partial charge in [0.15, 0.2) is 0 Å². The van der Waals surface area contributed by atoms with Crippen LogP contribution in [0.3, 0.4) is 0 Å². The first-order chi connectivity index (χ1) is 12.6. The summed E-state index contributed by atoms with van der Waals surface area (Å²) in [6.07, 6.45) is 5.28. The van der Waals surface area contributed by atoms with Crippen LogP contribution in [0, 0.1) is 0 Å². The summed E-state index contributed by atoms with van der Waals surface area (Å²) in [5.74, 6) is -0.528. The zero-order valence-corrected chi connectivity index (χ0v) is 14.5. The molecule has 0 unspecified atom stereocenters. The SMILES string of the molecule is COC(=O)c1ccc(NC(=O)Cc2coc3cc4c(cc23)CCC4)cc1. The molecule has 2 aromatic carbocycles. The Bertz CT molecular complexity index is 985. The zero-order chi connectivity index (χ0) is 18.1. The Morgan fingerprint density at radius 2 is 1.85 bits per heavy atom. The lowest BCUT2D eigenvalue weighted by Crippen LogP contribution is -2.14. The van der Waals surface area contributed by atoms with Crippen molar-refractivity contribution >= 4 is 28.5 Å². The van der Waals surface area contributed by atoms with Crippen LogP contribution in [0.1, 0.15) is 33.5 Å². The van der Waals surface area contributed by atoms with Gasteiger partial charge in [-0.2, -0.15) is 0 Å². The first kappa shape index (κ1) is 16.4. The third-order valence-corrected chi connectivity index (χ3v) is 4.81. The van der Waals surface area contributed by atoms with Crippen LogP contribution >= 0.6 is 0 Å². The Hall–Kier alpha value is -3.08. The maximum absolute atomic E-state index is 12.4. The van der Waals surface area contributed by atoms with Gasteiger partial charge in [0, 0.05) is 16.6 Å². The van der Waals surface area contributed by atoms with Gasteiger partial charge in [-0.1, -0.05) is 0 Å². The Labute approximate surface area is 150 Å². The molecule has 5 heteroatoms. The highest BCUT2D eigenvalue weighted by Gasteiger charge is 2.17. The maximum atomic E-state index is 12.4. The fourth-order valence-electron chi connectivity index (χ4n) is 3.47. The van der Waals surface area contributed by atoms with Crippen LogP contribution in [-0.4, -0.2) is 19.0 Å². The van der Waals surface area contributed by atoms with Gasteiger partial charge in [-0.25, -0.2) is 4.79 Å². The molecule has 0 bridgehead atoms. The van der Waals surface area contributed by atoms with E-state index in [2.05, 4.69) is 22.2 Å². The minimum Gasteiger partial charge on any atom is -0.465 e. The lowest BCUT2D eigenvalue weighted by atomic mass is 10.0. The summed E-state index contributed by atoms with van der Waals surface area (Å²) in [6.45, 7) is 0. The average Bonchev–Trinajstić information content (AvgIpc) is 3.26. The molecule has 1 aromatic heterocycles. The second-order valence-electron chi connectivity index (χ2n) is 6.53. The largest absolute Gasteiger partial charge is 0.465 e. The van der Waals surface area contributed by atoms with E-state index in [9.17, 15) is 9.59 Å². The summed E-state index contributed by atoms with van der Waals surface area (Å²) >= 11 is 0. The lowest BCUT2D eigenvalue weighted by Gasteiger charge is -2.06. The maximum Gasteiger partial charge on any atom is 0.337 e. The number of fused-ring (bicyclic) bond motifs is 2. The molecule has 132 valence electrons. The standard InChI is InChI=1S/C21H19NO4/c1-25-21(24)13-5-7-17(8-6-13)22-20(23)11-16-12-26-19-10-15-4-2-3-14(15)9-18(16)19/h5-10,12H,2-4,11H2,1H3,(H,22,23). The highest BCUT2D eigenvalue weighted by molar-refractivity contribution is 5.96. The van der Waals surface area contributed by atoms with Crippen molar-refractivity contribution in [3.8, 4) is 0 Å². The van der Waals surface area contributed by atoms with Crippen molar-refractivity contribution in [3.05, 3.63) is 64.9 Å². The molecule has 0 aliphatic heterocycles. The first-order valence-corrected chi connectivity index (χ1v) is 8.64. The predicted molar refractivity (Wildman–Crippen MR) is 98.4 cm³/mol. The number of rotatable bonds is 4. The van der Waals surface area contributed by atoms with Crippen molar-refractivity contribution in [2.24, 2.45) is 0 Å². The number of ether oxygens (including phenoxy) is 1. The highest BCUT2D eigenvalue weighted by atomic mass is 16.5. The van der Waals surface area contributed by atoms with E-state index < -0.39 is 5.97 Å². The minimum atomic E-state index is -0.403. The molecule has 1 aliphatic rings. The van der Waals surface area contributed by atoms with Crippen LogP contribution in [0.15, 0.2) is 47.1 Å². The van der Waals surface area contributed by atoms with Crippen LogP contribution < -0.4 is 5.32 Å². The number of amides is 1. The van der Waals surface area contributed by atoms with Gasteiger partial charge in [-0.15, -0.1) is 0 Å². The topological polar surface area (TPSA) is 68.5 Å². The second kappa shape index (κ2) is 6.67. The first-order valence-electron chi connectivity index (χ1n) is 8.64. The molecule has 1 aliphatic carbocycles. The third kappa shape index (κ3) is 3.08. The fourth-order valence-corrected chi connectivity index (χ4v) is 3.47. The van der Waals surface area contributed by atoms with E-state index >= 15 is 0 Å². The van der Waals surface area contributed by atoms with E-state index in [-0.39, 0.29) is 12.3 Å². The van der Waals surface area contributed by atoms with Crippen molar-refractivity contribution in [2.75, 3.05) is 12.4 Å². The van der Waals surface area contributed by atoms with Gasteiger partial charge in [0.25, 0.3) is 0 Å². The minimum absolute atomic E-state index is 0.126. The molecule has 0 saturated heterocycles. The van der Waals surface area contributed by atoms with Gasteiger partial charge in [0.05, 0.1) is 25.4 Å². The monoisotopic (exact) mass is 349 g/mol. The quantitative estimate of drug-likeness (QED) is 0.726. The number of carbonyl (C=O) groups excluding carboxylic acids is 2. The molecule has 1 heterocycles. The predicted octanol–water partition coefficient (Wildman–Crippen LogP) is 3.89. The van der Waals surface area contributed by atoms with Gasteiger partial charge >= 0.3 is 5.97 Å². The molecule has 0 spiro atoms. The Morgan fingerprint density at radius 1 is 1.12 bits per heavy atom. The zero-order valence-electron chi connectivity index (χ0n) is 14.5. The number of anilines is 1. The van der Waals surface area contributed by atoms with Crippen LogP contribution in [0.4, 0.5) is 5.69 Å². The van der Waals surface area contributed by atoms with E-state index in [1.807, 2.05) is 0 Å². The van der Waals surface area contributed by atoms with Crippen molar-refractivity contribution in [1.29, 1.82) is 0 Å². The van der Waals surface area contributed by atoms with Crippen molar-refractivity contribution in [1.82, 2.24) is 0 Å². The Balaban J connectivity index is 1.48. The van der Waals surface area contributed by atoms with E-state index in [4.69, 9.17) is 4.42 Å². The molecule has 0 radical (unpaired) electrons. The number of hydrogen-bond donors (Lipinski definition) is 1. The van der Waals surface area contributed by atoms with Gasteiger partial charge < -0.3 is 14.5 Å². The lowest BCUT2D eigenvalue weighted by molar-refractivity contribution is -0.115. The molecule has 0 fully saturated rings. The number of benzene rings is 2. The van der Waals surface area contributed by atoms with E-state index in [0.29, 0.717) is 11.3 Å². The summed E-state index contributed by atoms with van der Waals surface area (Å²) in [5.41, 5.74) is 5.53. The molecule has 26 heavy (non-hydrogen) atoms. The normalized spacial score (nSPS) is 12.8. The summed E-state index contributed by atoms with van der Waals surface area (Å²) in [7, 11) is 1.34. The summed E-state index contributed by atoms with van der Waals surface area (Å²) in [5, 5.41) is 3.86. The summed E-state index contributed by atoms with van der Waals surface area (Å²) in [4.78, 5) is 23.8. The van der Waals surface area contributed by atoms with Gasteiger partial charge in [-0.3, -0.25) is 4.79 Å². The molecular formula is C21H19NO4. The molecule has 0 saturated carbocycles. The van der Waals surface area contributed by atoms with Crippen molar-refractivity contribution < 1.29 is 18.7 Å². The molecular weight excluding hydrogens is 330 g/mol. The van der Waals surface area contributed by atoms with Crippen LogP contribution in [0.2, 0.25) is 0 Å². The molecule has 3 aromatic rings. The molecule has 4 rings (SSSR count). The van der Waals surface area contributed by atoms with Crippen LogP contribution in [0.5, 0.6) is 0 Å². The molecule has 1 amide bonds. The van der Waals surface area contributed by atoms with Gasteiger partial charge in [-0.05, 0) is 66.8 Å². The molecule has 1 N–H and O–H groups in total. The van der Waals surface area contributed by atoms with E-state index in [0.717, 1.165) is 29.4 Å². The van der Waals surface area contributed by atoms with E-state index in [1.165, 1.54) is 24.7 Å². The average molecular weight is 349 g/mol. The van der Waals surface area contributed by atoms with E-state index in [1.54, 1.807) is 30.5 Å². The number of furan rings is 1. The number of aryl methyl sites for hydroxylation is 2. The van der Waals surface area contributed by atoms with Crippen LogP contribution in [-0.2, 0) is 28.8 Å². The summed E-state index contributed by atoms with van der Waals surface area (Å²) in [6, 6.07) is 10.9. The van der Waals surface area contributed by atoms with Gasteiger partial charge in [0.2, 0.25) is 5.91 Å². The Morgan fingerprint density at radius 3 is 2.58 bits per heavy atom. The number of hydrogen-bond acceptors (Lipinski definition) is 4. The Kier molecular flexibility index (Phi) is 4.21. The highest BCUT2D eigenvalue weighted by Crippen LogP contribution is 2.30. The van der Waals surface area contributed by atoms with Gasteiger partial charge in [0.1, 0.15) is 5.58 Å². The molecule has 5 nitrogen and oxygen atoms in total. The number of nitrogens with one attached hydrogen (secondary N) is 1. The van der Waals surface area contributed by atoms with Crippen LogP contribution in [0.25, 0.3) is 11.0 Å². The smallest absolute Gasteiger partial charge is 0.337 e. The van der Waals surface area contributed by atoms with Crippen molar-refractivity contribution in [3.63, 3.8) is 0 Å². The second-order valence-corrected chi connectivity index (χ2v) is 6.53. The summed E-state index contributed by atoms with van der Waals surface area (Å²) < 4.78 is 10.3. The number of esters is 1. The molecule has 0 atom stereocenters. The number of carbonyl (C=O) groups is 2. The third-order valence-electron chi connectivity index (χ3n) is 4.81.